The van der Waals surface area contributed by atoms with Crippen molar-refractivity contribution in [3.63, 3.8) is 0 Å². The van der Waals surface area contributed by atoms with E-state index in [2.05, 4.69) is 0 Å². The number of anilines is 2. The van der Waals surface area contributed by atoms with Gasteiger partial charge >= 0.3 is 12.1 Å². The maximum atomic E-state index is 11.8. The number of nitrogens with two attached hydrogens (primary N) is 2. The van der Waals surface area contributed by atoms with Crippen LogP contribution in [0.1, 0.15) is 11.1 Å². The maximum absolute atomic E-state index is 11.8. The summed E-state index contributed by atoms with van der Waals surface area (Å²) in [7, 11) is 0. The second-order valence-electron chi connectivity index (χ2n) is 5.70. The van der Waals surface area contributed by atoms with Gasteiger partial charge in [0, 0.05) is 11.4 Å². The summed E-state index contributed by atoms with van der Waals surface area (Å²) in [6, 6.07) is 0.726. The molecule has 0 radical (unpaired) electrons. The lowest BCUT2D eigenvalue weighted by atomic mass is 10.0. The molecule has 2 aliphatic rings. The van der Waals surface area contributed by atoms with Gasteiger partial charge in [0.2, 0.25) is 0 Å². The molecule has 0 saturated carbocycles. The van der Waals surface area contributed by atoms with Gasteiger partial charge in [0.05, 0.1) is 0 Å². The van der Waals surface area contributed by atoms with Crippen molar-refractivity contribution < 1.29 is 28.8 Å². The molecule has 2 saturated heterocycles. The summed E-state index contributed by atoms with van der Waals surface area (Å²) < 4.78 is 0. The summed E-state index contributed by atoms with van der Waals surface area (Å²) >= 11 is 0. The Morgan fingerprint density at radius 3 is 1.21 bits per heavy atom. The summed E-state index contributed by atoms with van der Waals surface area (Å²) in [4.78, 5) is 69.6. The van der Waals surface area contributed by atoms with E-state index in [1.807, 2.05) is 21.3 Å². The first kappa shape index (κ1) is 18.3. The molecule has 12 nitrogen and oxygen atoms in total. The quantitative estimate of drug-likeness (QED) is 0.197. The molecule has 8 N–H and O–H groups in total. The van der Waals surface area contributed by atoms with E-state index in [9.17, 15) is 28.8 Å². The van der Waals surface area contributed by atoms with Gasteiger partial charge < -0.3 is 11.5 Å². The number of nitrogens with one attached hydrogen (secondary N) is 4. The fourth-order valence-electron chi connectivity index (χ4n) is 2.44. The normalized spacial score (nSPS) is 16.9. The molecule has 0 aromatic heterocycles. The van der Waals surface area contributed by atoms with Crippen LogP contribution in [0.4, 0.5) is 21.0 Å². The third-order valence-electron chi connectivity index (χ3n) is 3.78. The lowest BCUT2D eigenvalue weighted by Gasteiger charge is -2.16. The Bertz CT molecular complexity index is 931. The number of hydrogen-bond acceptors (Lipinski definition) is 8. The van der Waals surface area contributed by atoms with Crippen molar-refractivity contribution in [2.24, 2.45) is 0 Å². The number of nitrogen functional groups attached to an aromatic ring is 2. The summed E-state index contributed by atoms with van der Waals surface area (Å²) in [6.45, 7) is 0. The molecule has 2 heterocycles. The third kappa shape index (κ3) is 3.41. The molecule has 0 atom stereocenters. The van der Waals surface area contributed by atoms with Gasteiger partial charge in [-0.15, -0.1) is 0 Å². The number of carbonyl (C=O) groups is 6. The second kappa shape index (κ2) is 6.68. The van der Waals surface area contributed by atoms with Gasteiger partial charge in [-0.05, 0) is 35.4 Å². The molecule has 0 bridgehead atoms. The van der Waals surface area contributed by atoms with Crippen molar-refractivity contribution in [2.75, 3.05) is 11.5 Å². The predicted molar refractivity (Wildman–Crippen MR) is 94.6 cm³/mol. The van der Waals surface area contributed by atoms with Crippen LogP contribution in [0.15, 0.2) is 23.3 Å². The van der Waals surface area contributed by atoms with Crippen LogP contribution in [0.5, 0.6) is 0 Å². The van der Waals surface area contributed by atoms with E-state index < -0.39 is 35.7 Å². The smallest absolute Gasteiger partial charge is 0.328 e. The first-order valence-corrected chi connectivity index (χ1v) is 7.61. The van der Waals surface area contributed by atoms with Gasteiger partial charge in [0.1, 0.15) is 11.1 Å². The fraction of sp³-hybridized carbons (Fsp3) is 0. The van der Waals surface area contributed by atoms with Crippen molar-refractivity contribution >= 4 is 59.2 Å². The minimum absolute atomic E-state index is 0.0948. The van der Waals surface area contributed by atoms with Gasteiger partial charge in [-0.1, -0.05) is 0 Å². The molecule has 3 rings (SSSR count). The van der Waals surface area contributed by atoms with E-state index in [1.54, 1.807) is 0 Å². The molecular formula is C16H12N6O6. The number of hydrogen-bond donors (Lipinski definition) is 6. The Hall–Kier alpha value is -4.48. The lowest BCUT2D eigenvalue weighted by molar-refractivity contribution is -0.125. The Morgan fingerprint density at radius 2 is 0.893 bits per heavy atom. The van der Waals surface area contributed by atoms with Crippen molar-refractivity contribution in [1.29, 1.82) is 0 Å². The van der Waals surface area contributed by atoms with Gasteiger partial charge in [-0.2, -0.15) is 0 Å². The molecule has 12 heteroatoms. The molecule has 8 amide bonds. The Kier molecular flexibility index (Phi) is 4.37. The van der Waals surface area contributed by atoms with Crippen LogP contribution in [-0.2, 0) is 19.2 Å². The molecule has 2 fully saturated rings. The molecule has 28 heavy (non-hydrogen) atoms. The molecular weight excluding hydrogens is 372 g/mol. The van der Waals surface area contributed by atoms with E-state index >= 15 is 0 Å². The first-order valence-electron chi connectivity index (χ1n) is 7.61. The average molecular weight is 384 g/mol. The molecule has 1 aromatic rings. The molecule has 0 unspecified atom stereocenters. The molecule has 0 aliphatic carbocycles. The highest BCUT2D eigenvalue weighted by Crippen LogP contribution is 2.26. The topological polar surface area (TPSA) is 203 Å². The van der Waals surface area contributed by atoms with Crippen LogP contribution in [-0.4, -0.2) is 35.7 Å². The number of rotatable bonds is 2. The van der Waals surface area contributed by atoms with Crippen molar-refractivity contribution in [2.45, 2.75) is 0 Å². The van der Waals surface area contributed by atoms with E-state index in [-0.39, 0.29) is 33.6 Å². The van der Waals surface area contributed by atoms with Crippen LogP contribution in [0, 0.1) is 0 Å². The fourth-order valence-corrected chi connectivity index (χ4v) is 2.44. The van der Waals surface area contributed by atoms with Gasteiger partial charge in [0.15, 0.2) is 0 Å². The molecule has 0 spiro atoms. The third-order valence-corrected chi connectivity index (χ3v) is 3.78. The number of benzene rings is 1. The first-order chi connectivity index (χ1) is 13.2. The minimum atomic E-state index is -0.952. The zero-order chi connectivity index (χ0) is 20.6. The van der Waals surface area contributed by atoms with Crippen LogP contribution >= 0.6 is 0 Å². The molecule has 2 aliphatic heterocycles. The van der Waals surface area contributed by atoms with Crippen LogP contribution in [0.2, 0.25) is 0 Å². The van der Waals surface area contributed by atoms with Gasteiger partial charge in [0.25, 0.3) is 23.6 Å². The lowest BCUT2D eigenvalue weighted by Crippen LogP contribution is -2.51. The number of amides is 8. The van der Waals surface area contributed by atoms with E-state index in [4.69, 9.17) is 11.5 Å². The van der Waals surface area contributed by atoms with Crippen LogP contribution in [0.25, 0.3) is 12.2 Å². The Balaban J connectivity index is 2.04. The largest absolute Gasteiger partial charge is 0.398 e. The highest BCUT2D eigenvalue weighted by atomic mass is 16.2. The zero-order valence-electron chi connectivity index (χ0n) is 13.9. The van der Waals surface area contributed by atoms with E-state index in [0.717, 1.165) is 12.2 Å². The summed E-state index contributed by atoms with van der Waals surface area (Å²) in [5, 5.41) is 7.65. The zero-order valence-corrected chi connectivity index (χ0v) is 13.9. The highest BCUT2D eigenvalue weighted by molar-refractivity contribution is 6.32. The average Bonchev–Trinajstić information content (AvgIpc) is 2.57. The molecule has 142 valence electrons. The van der Waals surface area contributed by atoms with Crippen molar-refractivity contribution in [1.82, 2.24) is 21.3 Å². The SMILES string of the molecule is Nc1cc(N)c(C=C2C(=O)NC(=O)NC2=O)cc1C=C1C(=O)NC(=O)NC1=O. The van der Waals surface area contributed by atoms with Crippen molar-refractivity contribution in [3.05, 3.63) is 34.4 Å². The number of barbiturate groups is 2. The Labute approximate surface area is 156 Å². The monoisotopic (exact) mass is 384 g/mol. The number of carbonyl (C=O) groups excluding carboxylic acids is 6. The summed E-state index contributed by atoms with van der Waals surface area (Å²) in [6.07, 6.45) is 2.25. The second-order valence-corrected chi connectivity index (χ2v) is 5.70. The van der Waals surface area contributed by atoms with Crippen LogP contribution in [0.3, 0.4) is 0 Å². The summed E-state index contributed by atoms with van der Waals surface area (Å²) in [5.74, 6) is -3.69. The minimum Gasteiger partial charge on any atom is -0.398 e. The number of imide groups is 4. The number of urea groups is 2. The molecule has 1 aromatic carbocycles. The van der Waals surface area contributed by atoms with E-state index in [1.165, 1.54) is 12.1 Å². The Morgan fingerprint density at radius 1 is 0.571 bits per heavy atom. The van der Waals surface area contributed by atoms with Crippen LogP contribution < -0.4 is 32.7 Å². The highest BCUT2D eigenvalue weighted by Gasteiger charge is 2.29. The van der Waals surface area contributed by atoms with Crippen molar-refractivity contribution in [3.8, 4) is 0 Å². The predicted octanol–water partition coefficient (Wildman–Crippen LogP) is -1.65. The maximum Gasteiger partial charge on any atom is 0.328 e. The van der Waals surface area contributed by atoms with E-state index in [0.29, 0.717) is 0 Å². The van der Waals surface area contributed by atoms with Gasteiger partial charge in [-0.3, -0.25) is 40.4 Å². The standard InChI is InChI=1S/C16H12N6O6/c17-9-4-10(18)6(3-8-13(25)21-16(28)22-14(8)26)1-5(9)2-7-11(23)19-15(27)20-12(7)24/h1-4H,17-18H2,(H2,19,20,23,24,27)(H2,21,22,25,26,28). The van der Waals surface area contributed by atoms with Gasteiger partial charge in [-0.25, -0.2) is 9.59 Å². The summed E-state index contributed by atoms with van der Waals surface area (Å²) in [5.41, 5.74) is 11.5.